The molecule has 8 nitrogen and oxygen atoms in total. The van der Waals surface area contributed by atoms with Gasteiger partial charge in [0.15, 0.2) is 11.5 Å². The zero-order chi connectivity index (χ0) is 23.5. The number of carbonyl (C=O) groups excluding carboxylic acids is 2. The molecule has 1 N–H and O–H groups in total. The van der Waals surface area contributed by atoms with Gasteiger partial charge in [-0.15, -0.1) is 0 Å². The first-order valence-corrected chi connectivity index (χ1v) is 10.5. The van der Waals surface area contributed by atoms with Gasteiger partial charge in [0, 0.05) is 12.6 Å². The topological polar surface area (TPSA) is 90.2 Å². The lowest BCUT2D eigenvalue weighted by Gasteiger charge is -2.40. The molecule has 1 aromatic heterocycles. The van der Waals surface area contributed by atoms with Crippen LogP contribution in [-0.2, 0) is 11.3 Å². The predicted octanol–water partition coefficient (Wildman–Crippen LogP) is 3.53. The largest absolute Gasteiger partial charge is 0.497 e. The van der Waals surface area contributed by atoms with Crippen LogP contribution in [0.5, 0.6) is 17.2 Å². The minimum atomic E-state index is -0.689. The number of carbonyl (C=O) groups is 2. The Labute approximate surface area is 192 Å². The summed E-state index contributed by atoms with van der Waals surface area (Å²) >= 11 is 0. The van der Waals surface area contributed by atoms with Crippen molar-refractivity contribution in [3.63, 3.8) is 0 Å². The predicted molar refractivity (Wildman–Crippen MR) is 121 cm³/mol. The second kappa shape index (κ2) is 9.28. The highest BCUT2D eigenvalue weighted by molar-refractivity contribution is 6.02. The lowest BCUT2D eigenvalue weighted by atomic mass is 9.79. The lowest BCUT2D eigenvalue weighted by molar-refractivity contribution is -0.124. The van der Waals surface area contributed by atoms with Crippen LogP contribution in [0.25, 0.3) is 0 Å². The maximum Gasteiger partial charge on any atom is 0.254 e. The van der Waals surface area contributed by atoms with Crippen LogP contribution in [-0.4, -0.2) is 45.1 Å². The number of hydrogen-bond acceptors (Lipinski definition) is 6. The molecule has 8 heteroatoms. The summed E-state index contributed by atoms with van der Waals surface area (Å²) in [7, 11) is 6.32. The summed E-state index contributed by atoms with van der Waals surface area (Å²) in [6, 6.07) is 13.7. The average molecular weight is 450 g/mol. The molecule has 0 saturated carbocycles. The average Bonchev–Trinajstić information content (AvgIpc) is 3.37. The molecule has 2 amide bonds. The number of fused-ring (bicyclic) bond motifs is 1. The Morgan fingerprint density at radius 1 is 1.03 bits per heavy atom. The Kier molecular flexibility index (Phi) is 6.26. The van der Waals surface area contributed by atoms with Gasteiger partial charge in [-0.25, -0.2) is 0 Å². The van der Waals surface area contributed by atoms with Crippen molar-refractivity contribution >= 4 is 11.8 Å². The van der Waals surface area contributed by atoms with Gasteiger partial charge >= 0.3 is 0 Å². The third-order valence-corrected chi connectivity index (χ3v) is 5.93. The van der Waals surface area contributed by atoms with E-state index in [4.69, 9.17) is 18.6 Å². The molecule has 1 aliphatic heterocycles. The van der Waals surface area contributed by atoms with Gasteiger partial charge in [0.05, 0.1) is 46.1 Å². The number of benzene rings is 2. The van der Waals surface area contributed by atoms with Crippen molar-refractivity contribution in [2.45, 2.75) is 18.5 Å². The number of amides is 2. The SMILES string of the molecule is COc1ccc(C2C(C(=O)NCc3ccco3)c3cc(OC)c(OC)cc3C(=O)N2C)cc1. The van der Waals surface area contributed by atoms with E-state index in [2.05, 4.69) is 5.32 Å². The number of hydrogen-bond donors (Lipinski definition) is 1. The molecule has 2 unspecified atom stereocenters. The van der Waals surface area contributed by atoms with E-state index in [0.29, 0.717) is 34.1 Å². The first kappa shape index (κ1) is 22.3. The number of nitrogens with zero attached hydrogens (tertiary/aromatic N) is 1. The quantitative estimate of drug-likeness (QED) is 0.592. The fourth-order valence-electron chi connectivity index (χ4n) is 4.25. The maximum absolute atomic E-state index is 13.6. The third kappa shape index (κ3) is 4.11. The van der Waals surface area contributed by atoms with E-state index >= 15 is 0 Å². The molecule has 172 valence electrons. The molecule has 2 heterocycles. The van der Waals surface area contributed by atoms with E-state index in [0.717, 1.165) is 5.56 Å². The molecule has 0 bridgehead atoms. The van der Waals surface area contributed by atoms with Gasteiger partial charge in [0.2, 0.25) is 5.91 Å². The van der Waals surface area contributed by atoms with Crippen molar-refractivity contribution in [1.82, 2.24) is 10.2 Å². The van der Waals surface area contributed by atoms with E-state index in [1.807, 2.05) is 24.3 Å². The Morgan fingerprint density at radius 3 is 2.33 bits per heavy atom. The van der Waals surface area contributed by atoms with Gasteiger partial charge in [-0.05, 0) is 47.5 Å². The van der Waals surface area contributed by atoms with Crippen molar-refractivity contribution in [1.29, 1.82) is 0 Å². The molecular formula is C25H26N2O6. The lowest BCUT2D eigenvalue weighted by Crippen LogP contribution is -2.45. The number of ether oxygens (including phenoxy) is 3. The molecule has 4 rings (SSSR count). The van der Waals surface area contributed by atoms with E-state index in [1.54, 1.807) is 49.6 Å². The maximum atomic E-state index is 13.6. The number of methoxy groups -OCH3 is 3. The highest BCUT2D eigenvalue weighted by Gasteiger charge is 2.43. The van der Waals surface area contributed by atoms with Gasteiger partial charge in [-0.1, -0.05) is 12.1 Å². The van der Waals surface area contributed by atoms with Crippen LogP contribution in [0.3, 0.4) is 0 Å². The van der Waals surface area contributed by atoms with E-state index < -0.39 is 12.0 Å². The van der Waals surface area contributed by atoms with Crippen LogP contribution in [0.4, 0.5) is 0 Å². The Bertz CT molecular complexity index is 1140. The standard InChI is InChI=1S/C25H26N2O6/c1-27-23(15-7-9-16(30-2)10-8-15)22(24(28)26-14-17-6-5-11-33-17)18-12-20(31-3)21(32-4)13-19(18)25(27)29/h5-13,22-23H,14H2,1-4H3,(H,26,28). The summed E-state index contributed by atoms with van der Waals surface area (Å²) in [5, 5.41) is 2.95. The highest BCUT2D eigenvalue weighted by Crippen LogP contribution is 2.45. The van der Waals surface area contributed by atoms with E-state index in [1.165, 1.54) is 14.2 Å². The van der Waals surface area contributed by atoms with Gasteiger partial charge in [-0.2, -0.15) is 0 Å². The smallest absolute Gasteiger partial charge is 0.254 e. The fraction of sp³-hybridized carbons (Fsp3) is 0.280. The first-order chi connectivity index (χ1) is 16.0. The molecular weight excluding hydrogens is 424 g/mol. The monoisotopic (exact) mass is 450 g/mol. The molecule has 2 aromatic carbocycles. The Hall–Kier alpha value is -3.94. The number of furan rings is 1. The number of rotatable bonds is 7. The van der Waals surface area contributed by atoms with E-state index in [9.17, 15) is 9.59 Å². The van der Waals surface area contributed by atoms with Crippen molar-refractivity contribution in [3.8, 4) is 17.2 Å². The zero-order valence-electron chi connectivity index (χ0n) is 19.0. The molecule has 0 radical (unpaired) electrons. The normalized spacial score (nSPS) is 17.3. The first-order valence-electron chi connectivity index (χ1n) is 10.5. The summed E-state index contributed by atoms with van der Waals surface area (Å²) < 4.78 is 21.5. The molecule has 33 heavy (non-hydrogen) atoms. The minimum Gasteiger partial charge on any atom is -0.497 e. The minimum absolute atomic E-state index is 0.207. The summed E-state index contributed by atoms with van der Waals surface area (Å²) in [5.74, 6) is 1.07. The van der Waals surface area contributed by atoms with Gasteiger partial charge in [0.1, 0.15) is 11.5 Å². The zero-order valence-corrected chi connectivity index (χ0v) is 19.0. The van der Waals surface area contributed by atoms with Crippen molar-refractivity contribution in [3.05, 3.63) is 77.2 Å². The van der Waals surface area contributed by atoms with Gasteiger partial charge in [0.25, 0.3) is 5.91 Å². The highest BCUT2D eigenvalue weighted by atomic mass is 16.5. The van der Waals surface area contributed by atoms with Crippen LogP contribution in [0.15, 0.2) is 59.2 Å². The Morgan fingerprint density at radius 2 is 1.73 bits per heavy atom. The van der Waals surface area contributed by atoms with Gasteiger partial charge < -0.3 is 28.8 Å². The summed E-state index contributed by atoms with van der Waals surface area (Å²) in [5.41, 5.74) is 1.79. The molecule has 0 spiro atoms. The fourth-order valence-corrected chi connectivity index (χ4v) is 4.25. The van der Waals surface area contributed by atoms with Crippen LogP contribution >= 0.6 is 0 Å². The number of nitrogens with one attached hydrogen (secondary N) is 1. The van der Waals surface area contributed by atoms with Crippen molar-refractivity contribution in [2.75, 3.05) is 28.4 Å². The van der Waals surface area contributed by atoms with Crippen molar-refractivity contribution < 1.29 is 28.2 Å². The van der Waals surface area contributed by atoms with Crippen LogP contribution in [0.1, 0.15) is 39.2 Å². The summed E-state index contributed by atoms with van der Waals surface area (Å²) in [6.07, 6.45) is 1.56. The number of likely N-dealkylation sites (N-methyl/N-ethyl adjacent to an activating group) is 1. The molecule has 0 saturated heterocycles. The molecule has 3 aromatic rings. The van der Waals surface area contributed by atoms with Gasteiger partial charge in [-0.3, -0.25) is 9.59 Å². The summed E-state index contributed by atoms with van der Waals surface area (Å²) in [6.45, 7) is 0.234. The van der Waals surface area contributed by atoms with Crippen LogP contribution in [0.2, 0.25) is 0 Å². The molecule has 1 aliphatic rings. The van der Waals surface area contributed by atoms with Crippen molar-refractivity contribution in [2.24, 2.45) is 0 Å². The van der Waals surface area contributed by atoms with E-state index in [-0.39, 0.29) is 18.4 Å². The second-order valence-electron chi connectivity index (χ2n) is 7.70. The second-order valence-corrected chi connectivity index (χ2v) is 7.70. The van der Waals surface area contributed by atoms with Crippen LogP contribution in [0, 0.1) is 0 Å². The molecule has 0 aliphatic carbocycles. The molecule has 0 fully saturated rings. The summed E-state index contributed by atoms with van der Waals surface area (Å²) in [4.78, 5) is 28.5. The van der Waals surface area contributed by atoms with Crippen LogP contribution < -0.4 is 19.5 Å². The third-order valence-electron chi connectivity index (χ3n) is 5.93. The Balaban J connectivity index is 1.82. The molecule has 2 atom stereocenters.